The van der Waals surface area contributed by atoms with Gasteiger partial charge in [0.05, 0.1) is 25.8 Å². The molecule has 6 nitrogen and oxygen atoms in total. The molecule has 0 bridgehead atoms. The van der Waals surface area contributed by atoms with Gasteiger partial charge in [0.1, 0.15) is 0 Å². The van der Waals surface area contributed by atoms with Crippen molar-refractivity contribution < 1.29 is 9.53 Å². The van der Waals surface area contributed by atoms with Crippen molar-refractivity contribution in [1.82, 2.24) is 20.0 Å². The van der Waals surface area contributed by atoms with E-state index in [-0.39, 0.29) is 11.9 Å². The number of benzene rings is 2. The van der Waals surface area contributed by atoms with Crippen LogP contribution in [0.1, 0.15) is 17.2 Å². The largest absolute Gasteiger partial charge is 0.379 e. The average molecular weight is 423 g/mol. The van der Waals surface area contributed by atoms with Crippen molar-refractivity contribution >= 4 is 5.91 Å². The normalized spacial score (nSPS) is 19.7. The van der Waals surface area contributed by atoms with E-state index in [0.29, 0.717) is 13.1 Å². The van der Waals surface area contributed by atoms with Crippen LogP contribution in [0.15, 0.2) is 60.7 Å². The minimum absolute atomic E-state index is 0.116. The third kappa shape index (κ3) is 6.61. The van der Waals surface area contributed by atoms with Crippen LogP contribution in [0, 0.1) is 0 Å². The molecule has 31 heavy (non-hydrogen) atoms. The number of hydrogen-bond donors (Lipinski definition) is 1. The molecule has 166 valence electrons. The van der Waals surface area contributed by atoms with Crippen LogP contribution in [0.25, 0.3) is 0 Å². The number of morpholine rings is 1. The maximum Gasteiger partial charge on any atom is 0.234 e. The summed E-state index contributed by atoms with van der Waals surface area (Å²) in [4.78, 5) is 19.8. The number of hydrogen-bond acceptors (Lipinski definition) is 5. The van der Waals surface area contributed by atoms with Gasteiger partial charge in [-0.2, -0.15) is 0 Å². The quantitative estimate of drug-likeness (QED) is 0.705. The lowest BCUT2D eigenvalue weighted by molar-refractivity contribution is -0.123. The molecule has 2 aliphatic heterocycles. The highest BCUT2D eigenvalue weighted by Crippen LogP contribution is 2.21. The molecular weight excluding hydrogens is 388 g/mol. The molecule has 2 heterocycles. The molecule has 0 aromatic heterocycles. The fourth-order valence-electron chi connectivity index (χ4n) is 4.44. The van der Waals surface area contributed by atoms with E-state index in [0.717, 1.165) is 59.0 Å². The summed E-state index contributed by atoms with van der Waals surface area (Å²) in [5.74, 6) is 0.116. The Balaban J connectivity index is 1.23. The van der Waals surface area contributed by atoms with Crippen LogP contribution in [-0.4, -0.2) is 86.2 Å². The van der Waals surface area contributed by atoms with Gasteiger partial charge in [-0.15, -0.1) is 0 Å². The summed E-state index contributed by atoms with van der Waals surface area (Å²) >= 11 is 0. The Hall–Kier alpha value is -2.25. The van der Waals surface area contributed by atoms with Crippen molar-refractivity contribution in [3.05, 3.63) is 71.8 Å². The van der Waals surface area contributed by atoms with Crippen LogP contribution in [0.2, 0.25) is 0 Å². The Labute approximate surface area is 185 Å². The Morgan fingerprint density at radius 2 is 1.45 bits per heavy atom. The van der Waals surface area contributed by atoms with Crippen LogP contribution in [0.4, 0.5) is 0 Å². The number of carbonyl (C=O) groups is 1. The average Bonchev–Trinajstić information content (AvgIpc) is 2.83. The molecule has 1 atom stereocenters. The van der Waals surface area contributed by atoms with Gasteiger partial charge in [-0.05, 0) is 11.1 Å². The van der Waals surface area contributed by atoms with Crippen LogP contribution in [0.5, 0.6) is 0 Å². The highest BCUT2D eigenvalue weighted by atomic mass is 16.5. The smallest absolute Gasteiger partial charge is 0.234 e. The van der Waals surface area contributed by atoms with Crippen molar-refractivity contribution in [2.75, 3.05) is 65.6 Å². The highest BCUT2D eigenvalue weighted by Gasteiger charge is 2.24. The van der Waals surface area contributed by atoms with E-state index < -0.39 is 0 Å². The maximum atomic E-state index is 12.7. The molecule has 0 aliphatic carbocycles. The molecule has 2 aromatic carbocycles. The summed E-state index contributed by atoms with van der Waals surface area (Å²) in [7, 11) is 0. The highest BCUT2D eigenvalue weighted by molar-refractivity contribution is 5.78. The Bertz CT molecular complexity index is 788. The van der Waals surface area contributed by atoms with Crippen LogP contribution in [-0.2, 0) is 16.1 Å². The van der Waals surface area contributed by atoms with Crippen molar-refractivity contribution in [3.63, 3.8) is 0 Å². The second kappa shape index (κ2) is 11.4. The van der Waals surface area contributed by atoms with Crippen molar-refractivity contribution in [1.29, 1.82) is 0 Å². The van der Waals surface area contributed by atoms with E-state index in [9.17, 15) is 4.79 Å². The SMILES string of the molecule is O=C(CN1CCN(Cc2ccccc2)CC1)NCC(c1ccccc1)N1CCOCC1. The van der Waals surface area contributed by atoms with Crippen LogP contribution < -0.4 is 5.32 Å². The first-order chi connectivity index (χ1) is 15.3. The Morgan fingerprint density at radius 1 is 0.839 bits per heavy atom. The van der Waals surface area contributed by atoms with Crippen LogP contribution >= 0.6 is 0 Å². The van der Waals surface area contributed by atoms with Gasteiger partial charge >= 0.3 is 0 Å². The molecule has 2 aliphatic rings. The van der Waals surface area contributed by atoms with Gasteiger partial charge < -0.3 is 10.1 Å². The standard InChI is InChI=1S/C25H34N4O2/c30-25(21-28-13-11-27(12-14-28)20-22-7-3-1-4-8-22)26-19-24(23-9-5-2-6-10-23)29-15-17-31-18-16-29/h1-10,24H,11-21H2,(H,26,30). The van der Waals surface area contributed by atoms with Gasteiger partial charge in [0, 0.05) is 52.4 Å². The molecule has 4 rings (SSSR count). The first-order valence-corrected chi connectivity index (χ1v) is 11.4. The summed E-state index contributed by atoms with van der Waals surface area (Å²) < 4.78 is 5.52. The van der Waals surface area contributed by atoms with E-state index in [1.807, 2.05) is 6.07 Å². The molecule has 1 unspecified atom stereocenters. The van der Waals surface area contributed by atoms with Crippen molar-refractivity contribution in [2.24, 2.45) is 0 Å². The number of nitrogens with one attached hydrogen (secondary N) is 1. The number of amides is 1. The minimum Gasteiger partial charge on any atom is -0.379 e. The van der Waals surface area contributed by atoms with E-state index >= 15 is 0 Å². The Morgan fingerprint density at radius 3 is 2.13 bits per heavy atom. The first-order valence-electron chi connectivity index (χ1n) is 11.4. The molecule has 1 N–H and O–H groups in total. The topological polar surface area (TPSA) is 48.1 Å². The molecule has 0 spiro atoms. The van der Waals surface area contributed by atoms with Gasteiger partial charge in [-0.25, -0.2) is 0 Å². The zero-order chi connectivity index (χ0) is 21.3. The lowest BCUT2D eigenvalue weighted by atomic mass is 10.0. The predicted molar refractivity (Wildman–Crippen MR) is 123 cm³/mol. The van der Waals surface area contributed by atoms with E-state index in [2.05, 4.69) is 74.6 Å². The third-order valence-corrected chi connectivity index (χ3v) is 6.24. The van der Waals surface area contributed by atoms with Gasteiger partial charge in [-0.3, -0.25) is 19.5 Å². The lowest BCUT2D eigenvalue weighted by Crippen LogP contribution is -2.50. The molecule has 2 saturated heterocycles. The van der Waals surface area contributed by atoms with E-state index in [1.54, 1.807) is 0 Å². The lowest BCUT2D eigenvalue weighted by Gasteiger charge is -2.36. The van der Waals surface area contributed by atoms with Crippen molar-refractivity contribution in [2.45, 2.75) is 12.6 Å². The van der Waals surface area contributed by atoms with E-state index in [1.165, 1.54) is 11.1 Å². The Kier molecular flexibility index (Phi) is 8.07. The summed E-state index contributed by atoms with van der Waals surface area (Å²) in [5.41, 5.74) is 2.60. The van der Waals surface area contributed by atoms with Gasteiger partial charge in [0.15, 0.2) is 0 Å². The number of nitrogens with zero attached hydrogens (tertiary/aromatic N) is 3. The van der Waals surface area contributed by atoms with Crippen LogP contribution in [0.3, 0.4) is 0 Å². The molecule has 0 saturated carbocycles. The molecule has 2 fully saturated rings. The molecule has 0 radical (unpaired) electrons. The summed E-state index contributed by atoms with van der Waals surface area (Å²) in [5, 5.41) is 3.20. The first kappa shape index (κ1) is 22.0. The maximum absolute atomic E-state index is 12.7. The second-order valence-corrected chi connectivity index (χ2v) is 8.42. The fourth-order valence-corrected chi connectivity index (χ4v) is 4.44. The molecule has 2 aromatic rings. The van der Waals surface area contributed by atoms with Gasteiger partial charge in [0.2, 0.25) is 5.91 Å². The molecule has 1 amide bonds. The summed E-state index contributed by atoms with van der Waals surface area (Å²) in [6, 6.07) is 21.3. The van der Waals surface area contributed by atoms with E-state index in [4.69, 9.17) is 4.74 Å². The van der Waals surface area contributed by atoms with Gasteiger partial charge in [-0.1, -0.05) is 60.7 Å². The second-order valence-electron chi connectivity index (χ2n) is 8.42. The zero-order valence-electron chi connectivity index (χ0n) is 18.3. The van der Waals surface area contributed by atoms with Crippen molar-refractivity contribution in [3.8, 4) is 0 Å². The summed E-state index contributed by atoms with van der Waals surface area (Å²) in [6.07, 6.45) is 0. The monoisotopic (exact) mass is 422 g/mol. The molecule has 6 heteroatoms. The minimum atomic E-state index is 0.116. The van der Waals surface area contributed by atoms with Gasteiger partial charge in [0.25, 0.3) is 0 Å². The predicted octanol–water partition coefficient (Wildman–Crippen LogP) is 1.99. The number of ether oxygens (including phenoxy) is 1. The number of rotatable bonds is 8. The fraction of sp³-hybridized carbons (Fsp3) is 0.480. The number of carbonyl (C=O) groups excluding carboxylic acids is 1. The molecular formula is C25H34N4O2. The third-order valence-electron chi connectivity index (χ3n) is 6.24. The zero-order valence-corrected chi connectivity index (χ0v) is 18.3. The summed E-state index contributed by atoms with van der Waals surface area (Å²) in [6.45, 7) is 9.29. The number of piperazine rings is 1.